The van der Waals surface area contributed by atoms with Crippen molar-refractivity contribution in [2.75, 3.05) is 26.2 Å². The Morgan fingerprint density at radius 1 is 0.943 bits per heavy atom. The number of carbonyl (C=O) groups excluding carboxylic acids is 1. The van der Waals surface area contributed by atoms with Gasteiger partial charge < -0.3 is 9.80 Å². The fourth-order valence-electron chi connectivity index (χ4n) is 6.93. The molecule has 1 aromatic carbocycles. The van der Waals surface area contributed by atoms with Gasteiger partial charge in [0.2, 0.25) is 0 Å². The molecule has 5 aliphatic rings. The molecule has 10 heteroatoms. The van der Waals surface area contributed by atoms with Gasteiger partial charge in [0.15, 0.2) is 5.82 Å². The summed E-state index contributed by atoms with van der Waals surface area (Å²) >= 11 is 0. The van der Waals surface area contributed by atoms with Crippen molar-refractivity contribution >= 4 is 6.03 Å². The summed E-state index contributed by atoms with van der Waals surface area (Å²) in [5.74, 6) is 2.05. The zero-order valence-corrected chi connectivity index (χ0v) is 19.2. The second-order valence-corrected chi connectivity index (χ2v) is 11.8. The SMILES string of the molecule is O=C(N1CC2(CC(c3n[nH]c(C4CC4)n3)C2)C1)N1CC2(CC(c3ccc(C(F)(F)F)cc3F)C2)C1. The van der Waals surface area contributed by atoms with Crippen molar-refractivity contribution in [3.63, 3.8) is 0 Å². The zero-order chi connectivity index (χ0) is 24.2. The highest BCUT2D eigenvalue weighted by Gasteiger charge is 2.59. The first-order chi connectivity index (χ1) is 16.6. The van der Waals surface area contributed by atoms with Gasteiger partial charge in [0, 0.05) is 48.8 Å². The Balaban J connectivity index is 0.878. The molecule has 7 rings (SSSR count). The number of urea groups is 1. The number of nitrogens with one attached hydrogen (secondary N) is 1. The minimum absolute atomic E-state index is 0.00945. The number of halogens is 4. The monoisotopic (exact) mass is 489 g/mol. The van der Waals surface area contributed by atoms with Crippen LogP contribution in [-0.4, -0.2) is 57.2 Å². The normalized spacial score (nSPS) is 25.3. The van der Waals surface area contributed by atoms with Gasteiger partial charge in [-0.05, 0) is 62.1 Å². The van der Waals surface area contributed by atoms with Gasteiger partial charge in [0.1, 0.15) is 11.6 Å². The van der Waals surface area contributed by atoms with Crippen molar-refractivity contribution in [2.24, 2.45) is 10.8 Å². The van der Waals surface area contributed by atoms with E-state index < -0.39 is 17.6 Å². The fraction of sp³-hybridized carbons (Fsp3) is 0.640. The van der Waals surface area contributed by atoms with E-state index in [1.807, 2.05) is 9.80 Å². The molecule has 0 bridgehead atoms. The average molecular weight is 490 g/mol. The van der Waals surface area contributed by atoms with Gasteiger partial charge in [-0.2, -0.15) is 18.3 Å². The lowest BCUT2D eigenvalue weighted by Crippen LogP contribution is -2.70. The van der Waals surface area contributed by atoms with Crippen molar-refractivity contribution in [3.05, 3.63) is 46.8 Å². The third kappa shape index (κ3) is 3.46. The van der Waals surface area contributed by atoms with Gasteiger partial charge in [0.25, 0.3) is 0 Å². The van der Waals surface area contributed by atoms with E-state index in [1.165, 1.54) is 18.9 Å². The van der Waals surface area contributed by atoms with Crippen molar-refractivity contribution in [3.8, 4) is 0 Å². The number of benzene rings is 1. The number of hydrogen-bond acceptors (Lipinski definition) is 3. The summed E-state index contributed by atoms with van der Waals surface area (Å²) in [7, 11) is 0. The van der Waals surface area contributed by atoms with Crippen molar-refractivity contribution in [1.82, 2.24) is 25.0 Å². The van der Waals surface area contributed by atoms with Crippen molar-refractivity contribution in [2.45, 2.75) is 62.5 Å². The Morgan fingerprint density at radius 3 is 2.09 bits per heavy atom. The van der Waals surface area contributed by atoms with Crippen LogP contribution >= 0.6 is 0 Å². The largest absolute Gasteiger partial charge is 0.416 e. The standard InChI is InChI=1S/C25H27F4N5O/c26-19-5-17(25(27,28)29)3-4-18(19)15-6-23(7-15)10-33(11-23)22(35)34-12-24(13-34)8-16(9-24)21-30-20(31-32-21)14-1-2-14/h3-5,14-16H,1-2,6-13H2,(H,30,31,32). The molecule has 0 radical (unpaired) electrons. The molecule has 186 valence electrons. The molecule has 0 unspecified atom stereocenters. The summed E-state index contributed by atoms with van der Waals surface area (Å²) in [6.07, 6.45) is 1.34. The minimum atomic E-state index is -4.54. The number of H-pyrrole nitrogens is 1. The third-order valence-corrected chi connectivity index (χ3v) is 8.98. The molecule has 2 aromatic rings. The zero-order valence-electron chi connectivity index (χ0n) is 19.2. The van der Waals surface area contributed by atoms with Gasteiger partial charge in [0.05, 0.1) is 5.56 Å². The maximum absolute atomic E-state index is 14.3. The van der Waals surface area contributed by atoms with Crippen LogP contribution in [0, 0.1) is 16.6 Å². The van der Waals surface area contributed by atoms with Crippen LogP contribution in [0.2, 0.25) is 0 Å². The number of rotatable bonds is 3. The van der Waals surface area contributed by atoms with Crippen molar-refractivity contribution in [1.29, 1.82) is 0 Å². The van der Waals surface area contributed by atoms with E-state index in [0.717, 1.165) is 43.6 Å². The van der Waals surface area contributed by atoms with Crippen LogP contribution in [0.5, 0.6) is 0 Å². The molecule has 2 aliphatic heterocycles. The second kappa shape index (κ2) is 6.97. The van der Waals surface area contributed by atoms with Crippen LogP contribution < -0.4 is 0 Å². The molecular formula is C25H27F4N5O. The highest BCUT2D eigenvalue weighted by molar-refractivity contribution is 5.77. The highest BCUT2D eigenvalue weighted by atomic mass is 19.4. The lowest BCUT2D eigenvalue weighted by molar-refractivity contribution is -0.137. The number of likely N-dealkylation sites (tertiary alicyclic amines) is 2. The molecule has 3 aliphatic carbocycles. The van der Waals surface area contributed by atoms with E-state index in [-0.39, 0.29) is 22.8 Å². The summed E-state index contributed by atoms with van der Waals surface area (Å²) in [5, 5.41) is 7.49. The van der Waals surface area contributed by atoms with Gasteiger partial charge in [-0.25, -0.2) is 14.2 Å². The Kier molecular flexibility index (Phi) is 4.31. The van der Waals surface area contributed by atoms with Crippen molar-refractivity contribution < 1.29 is 22.4 Å². The topological polar surface area (TPSA) is 65.1 Å². The number of hydrogen-bond donors (Lipinski definition) is 1. The highest BCUT2D eigenvalue weighted by Crippen LogP contribution is 2.59. The number of nitrogens with zero attached hydrogens (tertiary/aromatic N) is 4. The fourth-order valence-corrected chi connectivity index (χ4v) is 6.93. The predicted molar refractivity (Wildman–Crippen MR) is 117 cm³/mol. The lowest BCUT2D eigenvalue weighted by atomic mass is 9.56. The van der Waals surface area contributed by atoms with Crippen LogP contribution in [0.1, 0.15) is 79.1 Å². The number of amides is 2. The van der Waals surface area contributed by atoms with E-state index in [0.29, 0.717) is 49.4 Å². The molecule has 1 aromatic heterocycles. The molecule has 2 amide bonds. The molecule has 0 atom stereocenters. The molecule has 6 nitrogen and oxygen atoms in total. The molecule has 3 saturated carbocycles. The quantitative estimate of drug-likeness (QED) is 0.616. The molecule has 1 N–H and O–H groups in total. The van der Waals surface area contributed by atoms with Gasteiger partial charge in [-0.15, -0.1) is 0 Å². The Hall–Kier alpha value is -2.65. The first-order valence-corrected chi connectivity index (χ1v) is 12.4. The van der Waals surface area contributed by atoms with E-state index >= 15 is 0 Å². The Labute approximate surface area is 200 Å². The number of aromatic nitrogens is 3. The first kappa shape index (κ1) is 21.6. The van der Waals surface area contributed by atoms with Crippen LogP contribution in [0.3, 0.4) is 0 Å². The Bertz CT molecular complexity index is 1180. The van der Waals surface area contributed by atoms with E-state index in [9.17, 15) is 22.4 Å². The van der Waals surface area contributed by atoms with Crippen LogP contribution in [-0.2, 0) is 6.18 Å². The average Bonchev–Trinajstić information content (AvgIpc) is 3.42. The summed E-state index contributed by atoms with van der Waals surface area (Å²) in [5.41, 5.74) is -0.398. The number of aromatic amines is 1. The molecule has 2 spiro atoms. The number of alkyl halides is 3. The number of carbonyl (C=O) groups is 1. The van der Waals surface area contributed by atoms with E-state index in [4.69, 9.17) is 0 Å². The van der Waals surface area contributed by atoms with E-state index in [1.54, 1.807) is 0 Å². The maximum atomic E-state index is 14.3. The second-order valence-electron chi connectivity index (χ2n) is 11.8. The molecule has 3 heterocycles. The molecule has 35 heavy (non-hydrogen) atoms. The third-order valence-electron chi connectivity index (χ3n) is 8.98. The molecule has 5 fully saturated rings. The minimum Gasteiger partial charge on any atom is -0.323 e. The van der Waals surface area contributed by atoms with Gasteiger partial charge in [-0.1, -0.05) is 6.07 Å². The van der Waals surface area contributed by atoms with E-state index in [2.05, 4.69) is 15.2 Å². The first-order valence-electron chi connectivity index (χ1n) is 12.4. The summed E-state index contributed by atoms with van der Waals surface area (Å²) < 4.78 is 52.7. The summed E-state index contributed by atoms with van der Waals surface area (Å²) in [6.45, 7) is 2.87. The van der Waals surface area contributed by atoms with Crippen LogP contribution in [0.4, 0.5) is 22.4 Å². The molecular weight excluding hydrogens is 462 g/mol. The smallest absolute Gasteiger partial charge is 0.323 e. The predicted octanol–water partition coefficient (Wildman–Crippen LogP) is 5.02. The van der Waals surface area contributed by atoms with Gasteiger partial charge >= 0.3 is 12.2 Å². The maximum Gasteiger partial charge on any atom is 0.416 e. The van der Waals surface area contributed by atoms with Gasteiger partial charge in [-0.3, -0.25) is 5.10 Å². The van der Waals surface area contributed by atoms with Crippen LogP contribution in [0.15, 0.2) is 18.2 Å². The molecule has 2 saturated heterocycles. The summed E-state index contributed by atoms with van der Waals surface area (Å²) in [6, 6.07) is 2.89. The van der Waals surface area contributed by atoms with Crippen LogP contribution in [0.25, 0.3) is 0 Å². The summed E-state index contributed by atoms with van der Waals surface area (Å²) in [4.78, 5) is 21.3. The Morgan fingerprint density at radius 2 is 1.54 bits per heavy atom. The lowest BCUT2D eigenvalue weighted by Gasteiger charge is -2.63.